The van der Waals surface area contributed by atoms with Gasteiger partial charge in [-0.05, 0) is 43.2 Å². The third kappa shape index (κ3) is 1.79. The van der Waals surface area contributed by atoms with Crippen molar-refractivity contribution < 1.29 is 0 Å². The van der Waals surface area contributed by atoms with Crippen molar-refractivity contribution in [3.05, 3.63) is 52.5 Å². The topological polar surface area (TPSA) is 29.3 Å². The van der Waals surface area contributed by atoms with Crippen molar-refractivity contribution in [2.45, 2.75) is 19.4 Å². The van der Waals surface area contributed by atoms with Crippen LogP contribution in [0.15, 0.2) is 46.9 Å². The number of fused-ring (bicyclic) bond motifs is 1. The lowest BCUT2D eigenvalue weighted by molar-refractivity contribution is 0.759. The smallest absolute Gasteiger partial charge is 0.0647 e. The normalized spacial score (nSPS) is 17.9. The number of para-hydroxylation sites is 1. The number of nitrogen functional groups attached to an aromatic ring is 1. The molecule has 1 aliphatic heterocycles. The van der Waals surface area contributed by atoms with Crippen molar-refractivity contribution >= 4 is 33.0 Å². The molecule has 0 fully saturated rings. The molecule has 2 N–H and O–H groups in total. The Bertz CT molecular complexity index is 595. The Morgan fingerprint density at radius 3 is 2.72 bits per heavy atom. The van der Waals surface area contributed by atoms with Gasteiger partial charge in [-0.3, -0.25) is 0 Å². The van der Waals surface area contributed by atoms with E-state index in [9.17, 15) is 0 Å². The number of hydrogen-bond acceptors (Lipinski definition) is 2. The second-order valence-electron chi connectivity index (χ2n) is 4.75. The zero-order valence-corrected chi connectivity index (χ0v) is 11.8. The van der Waals surface area contributed by atoms with E-state index in [0.29, 0.717) is 6.04 Å². The Balaban J connectivity index is 2.12. The van der Waals surface area contributed by atoms with Gasteiger partial charge in [-0.25, -0.2) is 0 Å². The maximum atomic E-state index is 6.15. The molecule has 0 saturated carbocycles. The van der Waals surface area contributed by atoms with E-state index in [1.807, 2.05) is 12.1 Å². The fourth-order valence-electron chi connectivity index (χ4n) is 2.68. The fraction of sp³-hybridized carbons (Fsp3) is 0.200. The van der Waals surface area contributed by atoms with E-state index in [2.05, 4.69) is 58.1 Å². The molecule has 1 heterocycles. The van der Waals surface area contributed by atoms with Gasteiger partial charge in [-0.1, -0.05) is 34.1 Å². The minimum atomic E-state index is 0.450. The molecule has 0 bridgehead atoms. The highest BCUT2D eigenvalue weighted by atomic mass is 79.9. The molecular weight excluding hydrogens is 288 g/mol. The highest BCUT2D eigenvalue weighted by molar-refractivity contribution is 9.10. The molecule has 1 aliphatic rings. The second kappa shape index (κ2) is 4.32. The van der Waals surface area contributed by atoms with E-state index in [1.54, 1.807) is 0 Å². The van der Waals surface area contributed by atoms with Gasteiger partial charge in [0.1, 0.15) is 0 Å². The predicted molar refractivity (Wildman–Crippen MR) is 80.3 cm³/mol. The largest absolute Gasteiger partial charge is 0.397 e. The molecule has 0 saturated heterocycles. The van der Waals surface area contributed by atoms with Crippen molar-refractivity contribution in [2.75, 3.05) is 10.6 Å². The number of nitrogens with two attached hydrogens (primary N) is 1. The zero-order valence-electron chi connectivity index (χ0n) is 10.2. The van der Waals surface area contributed by atoms with E-state index in [1.165, 1.54) is 11.3 Å². The van der Waals surface area contributed by atoms with Crippen LogP contribution >= 0.6 is 15.9 Å². The summed E-state index contributed by atoms with van der Waals surface area (Å²) in [6.45, 7) is 2.24. The van der Waals surface area contributed by atoms with Crippen LogP contribution in [0.1, 0.15) is 12.5 Å². The van der Waals surface area contributed by atoms with Crippen LogP contribution in [0, 0.1) is 0 Å². The number of hydrogen-bond donors (Lipinski definition) is 1. The minimum Gasteiger partial charge on any atom is -0.397 e. The summed E-state index contributed by atoms with van der Waals surface area (Å²) in [5, 5.41) is 0. The second-order valence-corrected chi connectivity index (χ2v) is 5.67. The highest BCUT2D eigenvalue weighted by Crippen LogP contribution is 2.41. The lowest BCUT2D eigenvalue weighted by atomic mass is 10.1. The van der Waals surface area contributed by atoms with Crippen molar-refractivity contribution in [1.82, 2.24) is 0 Å². The molecule has 1 unspecified atom stereocenters. The Kier molecular flexibility index (Phi) is 2.78. The average Bonchev–Trinajstić information content (AvgIpc) is 2.66. The lowest BCUT2D eigenvalue weighted by Gasteiger charge is -2.26. The molecule has 2 aromatic rings. The van der Waals surface area contributed by atoms with Gasteiger partial charge < -0.3 is 10.6 Å². The van der Waals surface area contributed by atoms with Crippen LogP contribution in [-0.2, 0) is 6.42 Å². The Hall–Kier alpha value is -1.48. The van der Waals surface area contributed by atoms with Gasteiger partial charge in [-0.2, -0.15) is 0 Å². The van der Waals surface area contributed by atoms with Crippen LogP contribution in [-0.4, -0.2) is 6.04 Å². The minimum absolute atomic E-state index is 0.450. The van der Waals surface area contributed by atoms with Crippen LogP contribution in [0.5, 0.6) is 0 Å². The molecule has 0 amide bonds. The molecule has 3 rings (SSSR count). The molecule has 2 nitrogen and oxygen atoms in total. The number of benzene rings is 2. The number of rotatable bonds is 1. The van der Waals surface area contributed by atoms with Gasteiger partial charge in [0.25, 0.3) is 0 Å². The summed E-state index contributed by atoms with van der Waals surface area (Å²) < 4.78 is 1.02. The molecule has 2 aromatic carbocycles. The van der Waals surface area contributed by atoms with Crippen LogP contribution in [0.4, 0.5) is 17.1 Å². The van der Waals surface area contributed by atoms with Crippen LogP contribution in [0.2, 0.25) is 0 Å². The average molecular weight is 303 g/mol. The first-order valence-corrected chi connectivity index (χ1v) is 6.88. The third-order valence-electron chi connectivity index (χ3n) is 3.46. The highest BCUT2D eigenvalue weighted by Gasteiger charge is 2.27. The van der Waals surface area contributed by atoms with Crippen molar-refractivity contribution in [3.8, 4) is 0 Å². The fourth-order valence-corrected chi connectivity index (χ4v) is 3.06. The van der Waals surface area contributed by atoms with Gasteiger partial charge in [-0.15, -0.1) is 0 Å². The first kappa shape index (κ1) is 11.6. The van der Waals surface area contributed by atoms with E-state index >= 15 is 0 Å². The monoisotopic (exact) mass is 302 g/mol. The van der Waals surface area contributed by atoms with Crippen LogP contribution < -0.4 is 10.6 Å². The van der Waals surface area contributed by atoms with Crippen LogP contribution in [0.3, 0.4) is 0 Å². The molecule has 18 heavy (non-hydrogen) atoms. The first-order chi connectivity index (χ1) is 8.66. The summed E-state index contributed by atoms with van der Waals surface area (Å²) in [5.41, 5.74) is 10.7. The number of anilines is 3. The maximum absolute atomic E-state index is 6.15. The molecule has 0 aromatic heterocycles. The summed E-state index contributed by atoms with van der Waals surface area (Å²) in [6, 6.07) is 15.1. The standard InChI is InChI=1S/C15H15BrN2/c1-10-8-11-4-2-3-5-14(11)18(10)15-7-6-12(16)9-13(15)17/h2-7,9-10H,8,17H2,1H3. The van der Waals surface area contributed by atoms with Crippen molar-refractivity contribution in [1.29, 1.82) is 0 Å². The predicted octanol–water partition coefficient (Wildman–Crippen LogP) is 4.11. The Morgan fingerprint density at radius 1 is 1.17 bits per heavy atom. The summed E-state index contributed by atoms with van der Waals surface area (Å²) >= 11 is 3.45. The SMILES string of the molecule is CC1Cc2ccccc2N1c1ccc(Br)cc1N. The van der Waals surface area contributed by atoms with Gasteiger partial charge in [0.05, 0.1) is 11.4 Å². The van der Waals surface area contributed by atoms with Gasteiger partial charge >= 0.3 is 0 Å². The van der Waals surface area contributed by atoms with Gasteiger partial charge in [0, 0.05) is 16.2 Å². The summed E-state index contributed by atoms with van der Waals surface area (Å²) in [7, 11) is 0. The van der Waals surface area contributed by atoms with Crippen molar-refractivity contribution in [2.24, 2.45) is 0 Å². The Morgan fingerprint density at radius 2 is 1.94 bits per heavy atom. The summed E-state index contributed by atoms with van der Waals surface area (Å²) in [4.78, 5) is 2.33. The molecule has 92 valence electrons. The van der Waals surface area contributed by atoms with E-state index in [-0.39, 0.29) is 0 Å². The van der Waals surface area contributed by atoms with Crippen molar-refractivity contribution in [3.63, 3.8) is 0 Å². The van der Waals surface area contributed by atoms with Gasteiger partial charge in [0.2, 0.25) is 0 Å². The summed E-state index contributed by atoms with van der Waals surface area (Å²) in [6.07, 6.45) is 1.08. The van der Waals surface area contributed by atoms with E-state index < -0.39 is 0 Å². The molecule has 0 radical (unpaired) electrons. The number of halogens is 1. The maximum Gasteiger partial charge on any atom is 0.0647 e. The van der Waals surface area contributed by atoms with E-state index in [0.717, 1.165) is 22.3 Å². The molecule has 3 heteroatoms. The lowest BCUT2D eigenvalue weighted by Crippen LogP contribution is -2.24. The third-order valence-corrected chi connectivity index (χ3v) is 3.95. The quantitative estimate of drug-likeness (QED) is 0.803. The zero-order chi connectivity index (χ0) is 12.7. The Labute approximate surface area is 116 Å². The molecule has 0 spiro atoms. The molecular formula is C15H15BrN2. The van der Waals surface area contributed by atoms with E-state index in [4.69, 9.17) is 5.73 Å². The first-order valence-electron chi connectivity index (χ1n) is 6.09. The summed E-state index contributed by atoms with van der Waals surface area (Å²) in [5.74, 6) is 0. The van der Waals surface area contributed by atoms with Gasteiger partial charge in [0.15, 0.2) is 0 Å². The number of nitrogens with zero attached hydrogens (tertiary/aromatic N) is 1. The molecule has 0 aliphatic carbocycles. The van der Waals surface area contributed by atoms with Crippen LogP contribution in [0.25, 0.3) is 0 Å². The molecule has 1 atom stereocenters.